The molecule has 1 atom stereocenters. The molecule has 0 aliphatic heterocycles. The summed E-state index contributed by atoms with van der Waals surface area (Å²) >= 11 is 0. The van der Waals surface area contributed by atoms with Crippen molar-refractivity contribution in [3.63, 3.8) is 0 Å². The Balaban J connectivity index is 2.06. The number of amidine groups is 1. The fourth-order valence-corrected chi connectivity index (χ4v) is 1.50. The van der Waals surface area contributed by atoms with Gasteiger partial charge in [-0.2, -0.15) is 0 Å². The second-order valence-electron chi connectivity index (χ2n) is 3.07. The van der Waals surface area contributed by atoms with Crippen LogP contribution in [0.1, 0.15) is 19.3 Å². The van der Waals surface area contributed by atoms with E-state index >= 15 is 0 Å². The lowest BCUT2D eigenvalue weighted by molar-refractivity contribution is 0.839. The molecule has 0 heterocycles. The smallest absolute Gasteiger partial charge is 0.0942 e. The van der Waals surface area contributed by atoms with Gasteiger partial charge in [-0.15, -0.1) is 0 Å². The van der Waals surface area contributed by atoms with Crippen LogP contribution < -0.4 is 5.73 Å². The fraction of sp³-hybridized carbons (Fsp3) is 0.833. The number of hydrogen-bond acceptors (Lipinski definition) is 1. The predicted molar refractivity (Wildman–Crippen MR) is 31.7 cm³/mol. The van der Waals surface area contributed by atoms with E-state index in [-0.39, 0.29) is 0 Å². The molecule has 0 radical (unpaired) electrons. The molecule has 0 bridgehead atoms. The Hall–Kier alpha value is -0.530. The second kappa shape index (κ2) is 0.925. The highest BCUT2D eigenvalue weighted by Crippen LogP contribution is 2.70. The van der Waals surface area contributed by atoms with Crippen LogP contribution in [-0.2, 0) is 0 Å². The van der Waals surface area contributed by atoms with Crippen LogP contribution in [0.2, 0.25) is 0 Å². The molecule has 0 aromatic rings. The average Bonchev–Trinajstić information content (AvgIpc) is 2.50. The van der Waals surface area contributed by atoms with Gasteiger partial charge in [-0.1, -0.05) is 0 Å². The summed E-state index contributed by atoms with van der Waals surface area (Å²) in [4.78, 5) is 0. The van der Waals surface area contributed by atoms with Gasteiger partial charge in [-0.3, -0.25) is 5.41 Å². The first-order chi connectivity index (χ1) is 3.75. The summed E-state index contributed by atoms with van der Waals surface area (Å²) in [7, 11) is 0. The lowest BCUT2D eigenvalue weighted by Gasteiger charge is -1.88. The SMILES string of the molecule is N=C(N)C1CC12CC2. The predicted octanol–water partition coefficient (Wildman–Crippen LogP) is 0.722. The van der Waals surface area contributed by atoms with Gasteiger partial charge in [0, 0.05) is 5.92 Å². The minimum Gasteiger partial charge on any atom is -0.387 e. The maximum atomic E-state index is 7.08. The average molecular weight is 110 g/mol. The van der Waals surface area contributed by atoms with Crippen molar-refractivity contribution in [3.8, 4) is 0 Å². The van der Waals surface area contributed by atoms with E-state index in [2.05, 4.69) is 0 Å². The van der Waals surface area contributed by atoms with E-state index in [4.69, 9.17) is 11.1 Å². The summed E-state index contributed by atoms with van der Waals surface area (Å²) in [6, 6.07) is 0. The van der Waals surface area contributed by atoms with Gasteiger partial charge in [0.1, 0.15) is 0 Å². The van der Waals surface area contributed by atoms with Gasteiger partial charge in [0.15, 0.2) is 0 Å². The lowest BCUT2D eigenvalue weighted by atomic mass is 10.3. The Morgan fingerprint density at radius 2 is 2.25 bits per heavy atom. The van der Waals surface area contributed by atoms with Crippen molar-refractivity contribution >= 4 is 5.84 Å². The molecule has 2 nitrogen and oxygen atoms in total. The monoisotopic (exact) mass is 110 g/mol. The van der Waals surface area contributed by atoms with Crippen LogP contribution in [0.5, 0.6) is 0 Å². The maximum Gasteiger partial charge on any atom is 0.0942 e. The van der Waals surface area contributed by atoms with E-state index in [1.54, 1.807) is 0 Å². The molecule has 3 N–H and O–H groups in total. The number of nitrogens with one attached hydrogen (secondary N) is 1. The molecular weight excluding hydrogens is 100 g/mol. The fourth-order valence-electron chi connectivity index (χ4n) is 1.50. The molecule has 2 heteroatoms. The van der Waals surface area contributed by atoms with Crippen LogP contribution in [0.3, 0.4) is 0 Å². The highest BCUT2D eigenvalue weighted by molar-refractivity contribution is 5.84. The molecule has 0 amide bonds. The third kappa shape index (κ3) is 0.358. The highest BCUT2D eigenvalue weighted by Gasteiger charge is 2.63. The first-order valence-electron chi connectivity index (χ1n) is 3.08. The third-order valence-electron chi connectivity index (χ3n) is 2.46. The maximum absolute atomic E-state index is 7.08. The van der Waals surface area contributed by atoms with E-state index in [0.29, 0.717) is 17.2 Å². The summed E-state index contributed by atoms with van der Waals surface area (Å²) in [6.07, 6.45) is 3.87. The van der Waals surface area contributed by atoms with E-state index in [0.717, 1.165) is 0 Å². The second-order valence-corrected chi connectivity index (χ2v) is 3.07. The lowest BCUT2D eigenvalue weighted by Crippen LogP contribution is -2.12. The van der Waals surface area contributed by atoms with E-state index < -0.39 is 0 Å². The first-order valence-corrected chi connectivity index (χ1v) is 3.08. The molecule has 2 fully saturated rings. The summed E-state index contributed by atoms with van der Waals surface area (Å²) in [5, 5.41) is 7.08. The normalized spacial score (nSPS) is 37.2. The van der Waals surface area contributed by atoms with Crippen molar-refractivity contribution < 1.29 is 0 Å². The minimum absolute atomic E-state index is 0.419. The van der Waals surface area contributed by atoms with E-state index in [1.807, 2.05) is 0 Å². The summed E-state index contributed by atoms with van der Waals surface area (Å²) in [6.45, 7) is 0. The standard InChI is InChI=1S/C6H10N2/c7-5(8)4-3-6(4)1-2-6/h4H,1-3H2,(H3,7,8). The van der Waals surface area contributed by atoms with Crippen molar-refractivity contribution in [1.82, 2.24) is 0 Å². The molecule has 2 aliphatic rings. The highest BCUT2D eigenvalue weighted by atomic mass is 14.8. The molecule has 2 saturated carbocycles. The van der Waals surface area contributed by atoms with Crippen LogP contribution in [0.4, 0.5) is 0 Å². The molecular formula is C6H10N2. The van der Waals surface area contributed by atoms with Gasteiger partial charge in [0.2, 0.25) is 0 Å². The van der Waals surface area contributed by atoms with Gasteiger partial charge >= 0.3 is 0 Å². The molecule has 1 spiro atoms. The number of rotatable bonds is 1. The summed E-state index contributed by atoms with van der Waals surface area (Å²) in [5.74, 6) is 0.907. The van der Waals surface area contributed by atoms with Crippen LogP contribution in [0, 0.1) is 16.7 Å². The van der Waals surface area contributed by atoms with Crippen LogP contribution in [0.25, 0.3) is 0 Å². The van der Waals surface area contributed by atoms with Crippen molar-refractivity contribution in [2.75, 3.05) is 0 Å². The van der Waals surface area contributed by atoms with E-state index in [1.165, 1.54) is 19.3 Å². The molecule has 1 unspecified atom stereocenters. The van der Waals surface area contributed by atoms with E-state index in [9.17, 15) is 0 Å². The summed E-state index contributed by atoms with van der Waals surface area (Å²) < 4.78 is 0. The van der Waals surface area contributed by atoms with Crippen LogP contribution in [-0.4, -0.2) is 5.84 Å². The van der Waals surface area contributed by atoms with Gasteiger partial charge < -0.3 is 5.73 Å². The zero-order chi connectivity index (χ0) is 5.78. The Kier molecular flexibility index (Phi) is 0.504. The Bertz CT molecular complexity index is 147. The number of nitrogens with two attached hydrogens (primary N) is 1. The summed E-state index contributed by atoms with van der Waals surface area (Å²) in [5.41, 5.74) is 5.89. The zero-order valence-electron chi connectivity index (χ0n) is 4.78. The minimum atomic E-state index is 0.419. The van der Waals surface area contributed by atoms with Crippen molar-refractivity contribution in [3.05, 3.63) is 0 Å². The quantitative estimate of drug-likeness (QED) is 0.379. The van der Waals surface area contributed by atoms with Crippen molar-refractivity contribution in [2.24, 2.45) is 17.1 Å². The molecule has 44 valence electrons. The van der Waals surface area contributed by atoms with Gasteiger partial charge in [-0.25, -0.2) is 0 Å². The topological polar surface area (TPSA) is 49.9 Å². The van der Waals surface area contributed by atoms with Gasteiger partial charge in [-0.05, 0) is 24.7 Å². The van der Waals surface area contributed by atoms with Crippen molar-refractivity contribution in [1.29, 1.82) is 5.41 Å². The van der Waals surface area contributed by atoms with Gasteiger partial charge in [0.25, 0.3) is 0 Å². The molecule has 0 aromatic heterocycles. The molecule has 8 heavy (non-hydrogen) atoms. The molecule has 0 saturated heterocycles. The first kappa shape index (κ1) is 4.36. The zero-order valence-corrected chi connectivity index (χ0v) is 4.78. The molecule has 2 rings (SSSR count). The Morgan fingerprint density at radius 3 is 2.38 bits per heavy atom. The molecule has 0 aromatic carbocycles. The largest absolute Gasteiger partial charge is 0.387 e. The van der Waals surface area contributed by atoms with Gasteiger partial charge in [0.05, 0.1) is 5.84 Å². The molecule has 2 aliphatic carbocycles. The Labute approximate surface area is 48.6 Å². The third-order valence-corrected chi connectivity index (χ3v) is 2.46. The Morgan fingerprint density at radius 1 is 1.62 bits per heavy atom. The van der Waals surface area contributed by atoms with Crippen molar-refractivity contribution in [2.45, 2.75) is 19.3 Å². The van der Waals surface area contributed by atoms with Crippen LogP contribution >= 0.6 is 0 Å². The number of hydrogen-bond donors (Lipinski definition) is 2. The van der Waals surface area contributed by atoms with Crippen LogP contribution in [0.15, 0.2) is 0 Å².